The quantitative estimate of drug-likeness (QED) is 0.221. The molecule has 0 bridgehead atoms. The summed E-state index contributed by atoms with van der Waals surface area (Å²) in [6, 6.07) is -1.53. The molecule has 0 rings (SSSR count). The van der Waals surface area contributed by atoms with Gasteiger partial charge < -0.3 is 21.9 Å². The Hall–Kier alpha value is -2.07. The van der Waals surface area contributed by atoms with E-state index in [0.29, 0.717) is 0 Å². The fraction of sp³-hybridized carbons (Fsp3) is 0.500. The topological polar surface area (TPSA) is 182 Å². The lowest BCUT2D eigenvalue weighted by Gasteiger charge is -2.17. The third-order valence-corrected chi connectivity index (χ3v) is 1.69. The molecule has 9 nitrogen and oxygen atoms in total. The van der Waals surface area contributed by atoms with Crippen LogP contribution >= 0.6 is 0 Å². The van der Waals surface area contributed by atoms with Gasteiger partial charge in [-0.1, -0.05) is 0 Å². The molecule has 0 aliphatic carbocycles. The molecule has 0 heterocycles. The molecule has 8 N–H and O–H groups in total. The monoisotopic (exact) mass is 264 g/mol. The van der Waals surface area contributed by atoms with E-state index >= 15 is 0 Å². The second kappa shape index (κ2) is 6.02. The zero-order valence-corrected chi connectivity index (χ0v) is 9.22. The SMILES string of the molecule is NC(=O)C[C@H](N)C(=O)OC(=O)[C@](N)(F)CC(N)=O. The molecule has 0 aromatic carbocycles. The summed E-state index contributed by atoms with van der Waals surface area (Å²) in [5, 5.41) is 0. The van der Waals surface area contributed by atoms with Gasteiger partial charge in [-0.3, -0.25) is 15.3 Å². The van der Waals surface area contributed by atoms with E-state index < -0.39 is 48.4 Å². The predicted octanol–water partition coefficient (Wildman–Crippen LogP) is -3.24. The Kier molecular flexibility index (Phi) is 5.33. The summed E-state index contributed by atoms with van der Waals surface area (Å²) < 4.78 is 17.3. The van der Waals surface area contributed by atoms with Crippen molar-refractivity contribution in [2.45, 2.75) is 24.7 Å². The summed E-state index contributed by atoms with van der Waals surface area (Å²) >= 11 is 0. The molecule has 102 valence electrons. The Morgan fingerprint density at radius 1 is 1.17 bits per heavy atom. The van der Waals surface area contributed by atoms with Gasteiger partial charge in [-0.15, -0.1) is 0 Å². The third-order valence-electron chi connectivity index (χ3n) is 1.69. The normalized spacial score (nSPS) is 15.3. The minimum Gasteiger partial charge on any atom is -0.389 e. The second-order valence-corrected chi connectivity index (χ2v) is 3.49. The third kappa shape index (κ3) is 5.32. The van der Waals surface area contributed by atoms with Gasteiger partial charge in [0, 0.05) is 0 Å². The van der Waals surface area contributed by atoms with Crippen molar-refractivity contribution in [3.05, 3.63) is 0 Å². The standard InChI is InChI=1S/C8H13FN4O5/c9-8(13,2-5(12)15)7(17)18-6(16)3(10)1-4(11)14/h3H,1-2,10,13H2,(H2,11,14)(H2,12,15)/t3-,8-/m0/s1. The number of amides is 2. The highest BCUT2D eigenvalue weighted by atomic mass is 19.1. The van der Waals surface area contributed by atoms with E-state index in [0.717, 1.165) is 0 Å². The average molecular weight is 264 g/mol. The van der Waals surface area contributed by atoms with Gasteiger partial charge >= 0.3 is 11.9 Å². The van der Waals surface area contributed by atoms with E-state index in [-0.39, 0.29) is 0 Å². The van der Waals surface area contributed by atoms with Crippen LogP contribution in [0.1, 0.15) is 12.8 Å². The Morgan fingerprint density at radius 2 is 1.67 bits per heavy atom. The summed E-state index contributed by atoms with van der Waals surface area (Å²) in [7, 11) is 0. The first kappa shape index (κ1) is 15.9. The summed E-state index contributed by atoms with van der Waals surface area (Å²) in [5.41, 5.74) is 19.3. The van der Waals surface area contributed by atoms with E-state index in [2.05, 4.69) is 10.5 Å². The van der Waals surface area contributed by atoms with E-state index in [1.165, 1.54) is 0 Å². The van der Waals surface area contributed by atoms with E-state index in [4.69, 9.17) is 17.2 Å². The van der Waals surface area contributed by atoms with Crippen LogP contribution in [0.4, 0.5) is 4.39 Å². The lowest BCUT2D eigenvalue weighted by molar-refractivity contribution is -0.171. The van der Waals surface area contributed by atoms with Gasteiger partial charge in [-0.05, 0) is 0 Å². The number of primary amides is 2. The van der Waals surface area contributed by atoms with Crippen LogP contribution in [-0.4, -0.2) is 35.6 Å². The highest BCUT2D eigenvalue weighted by Gasteiger charge is 2.40. The molecule has 0 aliphatic heterocycles. The Bertz CT molecular complexity index is 384. The predicted molar refractivity (Wildman–Crippen MR) is 54.7 cm³/mol. The van der Waals surface area contributed by atoms with E-state index in [1.54, 1.807) is 0 Å². The Morgan fingerprint density at radius 3 is 2.06 bits per heavy atom. The molecular weight excluding hydrogens is 251 g/mol. The fourth-order valence-electron chi connectivity index (χ4n) is 0.878. The maximum absolute atomic E-state index is 13.3. The number of ether oxygens (including phenoxy) is 1. The van der Waals surface area contributed by atoms with Crippen molar-refractivity contribution >= 4 is 23.8 Å². The van der Waals surface area contributed by atoms with Crippen LogP contribution in [-0.2, 0) is 23.9 Å². The molecule has 0 spiro atoms. The fourth-order valence-corrected chi connectivity index (χ4v) is 0.878. The average Bonchev–Trinajstić information content (AvgIpc) is 2.13. The van der Waals surface area contributed by atoms with Gasteiger partial charge in [0.2, 0.25) is 11.8 Å². The number of nitrogens with two attached hydrogens (primary N) is 4. The van der Waals surface area contributed by atoms with Gasteiger partial charge in [-0.2, -0.15) is 0 Å². The van der Waals surface area contributed by atoms with Crippen molar-refractivity contribution in [1.29, 1.82) is 0 Å². The molecule has 0 saturated heterocycles. The van der Waals surface area contributed by atoms with Crippen molar-refractivity contribution in [3.63, 3.8) is 0 Å². The minimum atomic E-state index is -3.24. The minimum absolute atomic E-state index is 0.591. The van der Waals surface area contributed by atoms with Crippen molar-refractivity contribution < 1.29 is 28.3 Å². The highest BCUT2D eigenvalue weighted by molar-refractivity contribution is 5.95. The Labute approximate surface area is 101 Å². The van der Waals surface area contributed by atoms with Crippen LogP contribution in [0.2, 0.25) is 0 Å². The molecule has 2 atom stereocenters. The zero-order chi connectivity index (χ0) is 14.5. The molecule has 10 heteroatoms. The maximum Gasteiger partial charge on any atom is 0.367 e. The number of halogens is 1. The van der Waals surface area contributed by atoms with Gasteiger partial charge in [0.15, 0.2) is 0 Å². The van der Waals surface area contributed by atoms with Crippen molar-refractivity contribution in [1.82, 2.24) is 0 Å². The van der Waals surface area contributed by atoms with E-state index in [1.807, 2.05) is 0 Å². The molecule has 0 aliphatic rings. The second-order valence-electron chi connectivity index (χ2n) is 3.49. The Balaban J connectivity index is 4.52. The zero-order valence-electron chi connectivity index (χ0n) is 9.22. The van der Waals surface area contributed by atoms with E-state index in [9.17, 15) is 23.6 Å². The molecule has 0 aromatic rings. The molecule has 0 unspecified atom stereocenters. The number of alkyl halides is 1. The molecule has 0 saturated carbocycles. The summed E-state index contributed by atoms with van der Waals surface area (Å²) in [6.45, 7) is 0. The van der Waals surface area contributed by atoms with Crippen molar-refractivity contribution in [3.8, 4) is 0 Å². The molecule has 2 amide bonds. The molecule has 0 fully saturated rings. The number of hydrogen-bond acceptors (Lipinski definition) is 7. The summed E-state index contributed by atoms with van der Waals surface area (Å²) in [4.78, 5) is 43.0. The highest BCUT2D eigenvalue weighted by Crippen LogP contribution is 2.11. The first-order valence-corrected chi connectivity index (χ1v) is 4.62. The summed E-state index contributed by atoms with van der Waals surface area (Å²) in [5.74, 6) is -8.58. The maximum atomic E-state index is 13.3. The first-order valence-electron chi connectivity index (χ1n) is 4.62. The number of hydrogen-bond donors (Lipinski definition) is 4. The smallest absolute Gasteiger partial charge is 0.367 e. The van der Waals surface area contributed by atoms with Crippen LogP contribution in [0.15, 0.2) is 0 Å². The van der Waals surface area contributed by atoms with Crippen LogP contribution in [0.25, 0.3) is 0 Å². The van der Waals surface area contributed by atoms with Crippen LogP contribution < -0.4 is 22.9 Å². The largest absolute Gasteiger partial charge is 0.389 e. The molecule has 18 heavy (non-hydrogen) atoms. The number of carbonyl (C=O) groups is 4. The van der Waals surface area contributed by atoms with Crippen LogP contribution in [0, 0.1) is 0 Å². The van der Waals surface area contributed by atoms with Gasteiger partial charge in [0.05, 0.1) is 12.8 Å². The lowest BCUT2D eigenvalue weighted by atomic mass is 10.1. The summed E-state index contributed by atoms with van der Waals surface area (Å²) in [6.07, 6.45) is -1.75. The lowest BCUT2D eigenvalue weighted by Crippen LogP contribution is -2.50. The van der Waals surface area contributed by atoms with Crippen LogP contribution in [0.5, 0.6) is 0 Å². The van der Waals surface area contributed by atoms with Crippen molar-refractivity contribution in [2.75, 3.05) is 0 Å². The van der Waals surface area contributed by atoms with Crippen molar-refractivity contribution in [2.24, 2.45) is 22.9 Å². The van der Waals surface area contributed by atoms with Gasteiger partial charge in [0.1, 0.15) is 6.04 Å². The molecular formula is C8H13FN4O5. The van der Waals surface area contributed by atoms with Crippen LogP contribution in [0.3, 0.4) is 0 Å². The number of carbonyl (C=O) groups excluding carboxylic acids is 4. The molecule has 0 radical (unpaired) electrons. The van der Waals surface area contributed by atoms with Gasteiger partial charge in [-0.25, -0.2) is 14.0 Å². The molecule has 0 aromatic heterocycles. The number of esters is 2. The van der Waals surface area contributed by atoms with Gasteiger partial charge in [0.25, 0.3) is 5.79 Å². The first-order chi connectivity index (χ1) is 8.06. The number of rotatable bonds is 6.